The van der Waals surface area contributed by atoms with Crippen molar-refractivity contribution in [2.75, 3.05) is 6.61 Å². The van der Waals surface area contributed by atoms with E-state index in [1.165, 1.54) is 10.4 Å². The molecule has 154 valence electrons. The number of benzene rings is 2. The van der Waals surface area contributed by atoms with Gasteiger partial charge in [0.1, 0.15) is 0 Å². The summed E-state index contributed by atoms with van der Waals surface area (Å²) in [5, 5.41) is 22.5. The van der Waals surface area contributed by atoms with Gasteiger partial charge in [0, 0.05) is 28.6 Å². The number of aliphatic hydroxyl groups excluding tert-OH is 1. The van der Waals surface area contributed by atoms with Crippen LogP contribution < -0.4 is 0 Å². The second-order valence-corrected chi connectivity index (χ2v) is 8.53. The van der Waals surface area contributed by atoms with E-state index < -0.39 is 0 Å². The Hall–Kier alpha value is -3.06. The van der Waals surface area contributed by atoms with Gasteiger partial charge in [-0.25, -0.2) is 0 Å². The Balaban J connectivity index is 1.38. The van der Waals surface area contributed by atoms with Crippen LogP contribution in [-0.4, -0.2) is 54.8 Å². The Kier molecular flexibility index (Phi) is 4.62. The van der Waals surface area contributed by atoms with E-state index >= 15 is 0 Å². The molecule has 5 rings (SSSR count). The van der Waals surface area contributed by atoms with Crippen LogP contribution in [0.5, 0.6) is 0 Å². The maximum absolute atomic E-state index is 13.4. The summed E-state index contributed by atoms with van der Waals surface area (Å²) in [7, 11) is 1.72. The average Bonchev–Trinajstić information content (AvgIpc) is 3.47. The van der Waals surface area contributed by atoms with Crippen LogP contribution in [0.15, 0.2) is 54.6 Å². The molecule has 0 aliphatic carbocycles. The molecular formula is C23H25N5O2. The van der Waals surface area contributed by atoms with E-state index in [2.05, 4.69) is 27.5 Å². The van der Waals surface area contributed by atoms with Gasteiger partial charge in [0.2, 0.25) is 5.82 Å². The Bertz CT molecular complexity index is 1050. The van der Waals surface area contributed by atoms with Crippen molar-refractivity contribution in [1.29, 1.82) is 0 Å². The molecular weight excluding hydrogens is 378 g/mol. The van der Waals surface area contributed by atoms with Crippen LogP contribution in [0.4, 0.5) is 0 Å². The first-order valence-electron chi connectivity index (χ1n) is 10.4. The molecule has 1 amide bonds. The third-order valence-corrected chi connectivity index (χ3v) is 6.70. The number of tetrazole rings is 1. The van der Waals surface area contributed by atoms with E-state index in [9.17, 15) is 9.90 Å². The first-order valence-corrected chi connectivity index (χ1v) is 10.4. The highest BCUT2D eigenvalue weighted by molar-refractivity contribution is 5.95. The molecule has 3 aromatic rings. The molecule has 2 aliphatic rings. The van der Waals surface area contributed by atoms with Gasteiger partial charge in [0.15, 0.2) is 0 Å². The normalized spacial score (nSPS) is 25.1. The van der Waals surface area contributed by atoms with Crippen LogP contribution in [0.25, 0.3) is 11.4 Å². The number of aliphatic hydroxyl groups is 1. The fourth-order valence-electron chi connectivity index (χ4n) is 5.33. The molecule has 7 nitrogen and oxygen atoms in total. The molecule has 2 aromatic carbocycles. The topological polar surface area (TPSA) is 84.1 Å². The minimum atomic E-state index is -0.260. The van der Waals surface area contributed by atoms with Gasteiger partial charge in [-0.3, -0.25) is 4.79 Å². The third kappa shape index (κ3) is 3.10. The minimum Gasteiger partial charge on any atom is -0.396 e. The number of carbonyl (C=O) groups excluding carboxylic acids is 1. The van der Waals surface area contributed by atoms with Crippen LogP contribution in [0.1, 0.15) is 35.2 Å². The molecule has 1 N–H and O–H groups in total. The minimum absolute atomic E-state index is 0.0459. The zero-order valence-electron chi connectivity index (χ0n) is 17.0. The Morgan fingerprint density at radius 1 is 1.13 bits per heavy atom. The van der Waals surface area contributed by atoms with E-state index in [1.54, 1.807) is 7.05 Å². The highest BCUT2D eigenvalue weighted by Gasteiger charge is 2.57. The first kappa shape index (κ1) is 18.9. The lowest BCUT2D eigenvalue weighted by atomic mass is 9.70. The fourth-order valence-corrected chi connectivity index (χ4v) is 5.33. The predicted octanol–water partition coefficient (Wildman–Crippen LogP) is 2.48. The zero-order chi connectivity index (χ0) is 20.7. The molecule has 3 atom stereocenters. The first-order chi connectivity index (χ1) is 14.6. The molecule has 7 heteroatoms. The number of aryl methyl sites for hydroxylation is 1. The molecule has 3 heterocycles. The van der Waals surface area contributed by atoms with Gasteiger partial charge in [-0.2, -0.15) is 4.80 Å². The van der Waals surface area contributed by atoms with Crippen molar-refractivity contribution < 1.29 is 9.90 Å². The molecule has 2 saturated heterocycles. The van der Waals surface area contributed by atoms with Crippen molar-refractivity contribution in [2.45, 2.75) is 37.8 Å². The van der Waals surface area contributed by atoms with Crippen molar-refractivity contribution in [1.82, 2.24) is 25.1 Å². The number of hydrogen-bond donors (Lipinski definition) is 1. The summed E-state index contributed by atoms with van der Waals surface area (Å²) in [6.45, 7) is 0.101. The molecule has 0 saturated carbocycles. The van der Waals surface area contributed by atoms with Gasteiger partial charge < -0.3 is 10.0 Å². The number of hydrogen-bond acceptors (Lipinski definition) is 5. The number of rotatable bonds is 5. The van der Waals surface area contributed by atoms with E-state index in [1.807, 2.05) is 47.4 Å². The molecule has 2 aliphatic heterocycles. The lowest BCUT2D eigenvalue weighted by Gasteiger charge is -2.36. The van der Waals surface area contributed by atoms with E-state index in [4.69, 9.17) is 0 Å². The smallest absolute Gasteiger partial charge is 0.254 e. The van der Waals surface area contributed by atoms with E-state index in [0.717, 1.165) is 31.2 Å². The van der Waals surface area contributed by atoms with Crippen molar-refractivity contribution in [2.24, 2.45) is 12.5 Å². The lowest BCUT2D eigenvalue weighted by Crippen LogP contribution is -2.43. The van der Waals surface area contributed by atoms with Gasteiger partial charge in [-0.1, -0.05) is 42.5 Å². The van der Waals surface area contributed by atoms with Crippen molar-refractivity contribution >= 4 is 5.91 Å². The molecule has 0 radical (unpaired) electrons. The summed E-state index contributed by atoms with van der Waals surface area (Å²) >= 11 is 0. The molecule has 30 heavy (non-hydrogen) atoms. The maximum Gasteiger partial charge on any atom is 0.254 e. The Morgan fingerprint density at radius 2 is 1.90 bits per heavy atom. The van der Waals surface area contributed by atoms with E-state index in [0.29, 0.717) is 11.4 Å². The number of carbonyl (C=O) groups is 1. The maximum atomic E-state index is 13.4. The monoisotopic (exact) mass is 403 g/mol. The summed E-state index contributed by atoms with van der Waals surface area (Å²) in [5.74, 6) is 0.587. The van der Waals surface area contributed by atoms with Crippen molar-refractivity contribution in [3.8, 4) is 11.4 Å². The largest absolute Gasteiger partial charge is 0.396 e. The second kappa shape index (κ2) is 7.32. The van der Waals surface area contributed by atoms with E-state index in [-0.39, 0.29) is 30.0 Å². The van der Waals surface area contributed by atoms with Gasteiger partial charge >= 0.3 is 0 Å². The van der Waals surface area contributed by atoms with Crippen LogP contribution in [0.3, 0.4) is 0 Å². The van der Waals surface area contributed by atoms with Crippen LogP contribution in [0, 0.1) is 5.41 Å². The predicted molar refractivity (Wildman–Crippen MR) is 111 cm³/mol. The number of nitrogens with zero attached hydrogens (tertiary/aromatic N) is 5. The molecule has 0 unspecified atom stereocenters. The average molecular weight is 403 g/mol. The van der Waals surface area contributed by atoms with Gasteiger partial charge in [-0.15, -0.1) is 10.2 Å². The molecule has 1 aromatic heterocycles. The van der Waals surface area contributed by atoms with Crippen molar-refractivity contribution in [3.63, 3.8) is 0 Å². The SMILES string of the molecule is Cn1nnc(-c2ccc(C(=O)N3[C@H]4CC[C@@H]3[C@@](CO)(Cc3ccccc3)C4)cc2)n1. The van der Waals surface area contributed by atoms with Crippen LogP contribution in [-0.2, 0) is 13.5 Å². The highest BCUT2D eigenvalue weighted by atomic mass is 16.3. The van der Waals surface area contributed by atoms with Gasteiger partial charge in [0.05, 0.1) is 13.7 Å². The number of amides is 1. The van der Waals surface area contributed by atoms with Crippen LogP contribution >= 0.6 is 0 Å². The summed E-state index contributed by atoms with van der Waals surface area (Å²) in [5.41, 5.74) is 2.45. The molecule has 2 bridgehead atoms. The van der Waals surface area contributed by atoms with Crippen LogP contribution in [0.2, 0.25) is 0 Å². The highest BCUT2D eigenvalue weighted by Crippen LogP contribution is 2.51. The van der Waals surface area contributed by atoms with Gasteiger partial charge in [0.25, 0.3) is 5.91 Å². The fraction of sp³-hybridized carbons (Fsp3) is 0.391. The summed E-state index contributed by atoms with van der Waals surface area (Å²) in [6, 6.07) is 18.0. The number of fused-ring (bicyclic) bond motifs is 2. The van der Waals surface area contributed by atoms with Crippen molar-refractivity contribution in [3.05, 3.63) is 65.7 Å². The molecule has 2 fully saturated rings. The third-order valence-electron chi connectivity index (χ3n) is 6.70. The quantitative estimate of drug-likeness (QED) is 0.708. The lowest BCUT2D eigenvalue weighted by molar-refractivity contribution is 0.0571. The molecule has 0 spiro atoms. The summed E-state index contributed by atoms with van der Waals surface area (Å²) in [4.78, 5) is 16.9. The zero-order valence-corrected chi connectivity index (χ0v) is 17.0. The van der Waals surface area contributed by atoms with Gasteiger partial charge in [-0.05, 0) is 48.6 Å². The standard InChI is InChI=1S/C23H25N5O2/c1-27-25-21(24-26-27)17-7-9-18(10-8-17)22(30)28-19-11-12-20(28)23(14-19,15-29)13-16-5-3-2-4-6-16/h2-10,19-20,29H,11-15H2,1H3/t19-,20+,23-/m0/s1. The Morgan fingerprint density at radius 3 is 2.57 bits per heavy atom. The summed E-state index contributed by atoms with van der Waals surface area (Å²) < 4.78 is 0. The summed E-state index contributed by atoms with van der Waals surface area (Å²) in [6.07, 6.45) is 3.61. The second-order valence-electron chi connectivity index (χ2n) is 8.53. The number of aromatic nitrogens is 4. The Labute approximate surface area is 175 Å².